The fraction of sp³-hybridized carbons (Fsp3) is 0.125. The van der Waals surface area contributed by atoms with Crippen LogP contribution < -0.4 is 0 Å². The zero-order valence-corrected chi connectivity index (χ0v) is 10.7. The van der Waals surface area contributed by atoms with Gasteiger partial charge in [-0.05, 0) is 74.7 Å². The highest BCUT2D eigenvalue weighted by atomic mass is 127. The van der Waals surface area contributed by atoms with Crippen molar-refractivity contribution >= 4 is 55.4 Å². The molecule has 0 spiro atoms. The molecule has 0 aliphatic carbocycles. The Bertz CT molecular complexity index is 338. The molecule has 0 fully saturated rings. The molecule has 0 aliphatic rings. The van der Waals surface area contributed by atoms with Crippen molar-refractivity contribution < 1.29 is 4.79 Å². The lowest BCUT2D eigenvalue weighted by atomic mass is 10.2. The first-order chi connectivity index (χ1) is 5.52. The third-order valence-electron chi connectivity index (χ3n) is 1.46. The molecule has 0 radical (unpaired) electrons. The van der Waals surface area contributed by atoms with Crippen molar-refractivity contribution in [1.29, 1.82) is 0 Å². The van der Waals surface area contributed by atoms with Gasteiger partial charge in [0.25, 0.3) is 5.24 Å². The van der Waals surface area contributed by atoms with Crippen LogP contribution >= 0.6 is 50.1 Å². The molecule has 64 valence electrons. The van der Waals surface area contributed by atoms with E-state index >= 15 is 0 Å². The molecule has 0 bridgehead atoms. The van der Waals surface area contributed by atoms with Crippen molar-refractivity contribution in [2.24, 2.45) is 0 Å². The summed E-state index contributed by atoms with van der Waals surface area (Å²) >= 11 is 10.8. The predicted molar refractivity (Wildman–Crippen MR) is 61.8 cm³/mol. The van der Waals surface area contributed by atoms with Crippen LogP contribution in [0, 0.1) is 10.5 Å². The molecule has 0 aromatic heterocycles. The van der Waals surface area contributed by atoms with Crippen molar-refractivity contribution in [2.45, 2.75) is 6.92 Å². The molecule has 1 nitrogen and oxygen atoms in total. The molecule has 0 amide bonds. The summed E-state index contributed by atoms with van der Waals surface area (Å²) in [6.45, 7) is 1.98. The van der Waals surface area contributed by atoms with E-state index in [9.17, 15) is 4.79 Å². The number of benzene rings is 1. The second-order valence-corrected chi connectivity index (χ2v) is 4.71. The van der Waals surface area contributed by atoms with Gasteiger partial charge in [-0.3, -0.25) is 4.79 Å². The number of hydrogen-bond acceptors (Lipinski definition) is 1. The zero-order valence-electron chi connectivity index (χ0n) is 6.20. The average Bonchev–Trinajstić information content (AvgIpc) is 1.96. The normalized spacial score (nSPS) is 10.0. The highest BCUT2D eigenvalue weighted by Crippen LogP contribution is 2.24. The number of rotatable bonds is 1. The van der Waals surface area contributed by atoms with Crippen LogP contribution in [0.4, 0.5) is 0 Å². The highest BCUT2D eigenvalue weighted by molar-refractivity contribution is 14.1. The van der Waals surface area contributed by atoms with Crippen molar-refractivity contribution in [3.63, 3.8) is 0 Å². The Morgan fingerprint density at radius 1 is 1.58 bits per heavy atom. The van der Waals surface area contributed by atoms with Gasteiger partial charge in [0.2, 0.25) is 0 Å². The van der Waals surface area contributed by atoms with Gasteiger partial charge in [-0.25, -0.2) is 0 Å². The summed E-state index contributed by atoms with van der Waals surface area (Å²) in [5.74, 6) is 0. The van der Waals surface area contributed by atoms with Crippen LogP contribution in [0.15, 0.2) is 16.6 Å². The van der Waals surface area contributed by atoms with E-state index in [1.54, 1.807) is 6.07 Å². The third-order valence-corrected chi connectivity index (χ3v) is 3.48. The minimum absolute atomic E-state index is 0.431. The SMILES string of the molecule is Cc1cc(Br)c(C(=O)Cl)cc1I. The molecule has 1 aromatic carbocycles. The van der Waals surface area contributed by atoms with Crippen molar-refractivity contribution in [2.75, 3.05) is 0 Å². The molecule has 0 unspecified atom stereocenters. The number of halogens is 3. The second kappa shape index (κ2) is 4.07. The number of carbonyl (C=O) groups is 1. The monoisotopic (exact) mass is 358 g/mol. The summed E-state index contributed by atoms with van der Waals surface area (Å²) in [7, 11) is 0. The second-order valence-electron chi connectivity index (χ2n) is 2.35. The van der Waals surface area contributed by atoms with Gasteiger partial charge in [0, 0.05) is 13.6 Å². The van der Waals surface area contributed by atoms with Crippen LogP contribution in [-0.2, 0) is 0 Å². The molecule has 0 saturated carbocycles. The number of aryl methyl sites for hydroxylation is 1. The first kappa shape index (κ1) is 10.5. The van der Waals surface area contributed by atoms with Gasteiger partial charge < -0.3 is 0 Å². The predicted octanol–water partition coefficient (Wildman–Crippen LogP) is 3.74. The quantitative estimate of drug-likeness (QED) is 0.551. The van der Waals surface area contributed by atoms with Gasteiger partial charge in [-0.15, -0.1) is 0 Å². The number of hydrogen-bond donors (Lipinski definition) is 0. The van der Waals surface area contributed by atoms with Crippen LogP contribution in [-0.4, -0.2) is 5.24 Å². The van der Waals surface area contributed by atoms with Crippen LogP contribution in [0.1, 0.15) is 15.9 Å². The Balaban J connectivity index is 3.33. The first-order valence-electron chi connectivity index (χ1n) is 3.18. The molecular formula is C8H5BrClIO. The Kier molecular flexibility index (Phi) is 3.55. The summed E-state index contributed by atoms with van der Waals surface area (Å²) in [5, 5.41) is -0.431. The van der Waals surface area contributed by atoms with E-state index in [-0.39, 0.29) is 0 Å². The Morgan fingerprint density at radius 2 is 2.17 bits per heavy atom. The fourth-order valence-electron chi connectivity index (χ4n) is 0.797. The lowest BCUT2D eigenvalue weighted by molar-refractivity contribution is 0.108. The van der Waals surface area contributed by atoms with Crippen LogP contribution in [0.5, 0.6) is 0 Å². The Labute approximate surface area is 97.8 Å². The molecule has 0 heterocycles. The van der Waals surface area contributed by atoms with Crippen LogP contribution in [0.3, 0.4) is 0 Å². The fourth-order valence-corrected chi connectivity index (χ4v) is 2.17. The van der Waals surface area contributed by atoms with Gasteiger partial charge in [0.05, 0.1) is 0 Å². The summed E-state index contributed by atoms with van der Waals surface area (Å²) < 4.78 is 1.79. The van der Waals surface area contributed by atoms with Crippen molar-refractivity contribution in [3.05, 3.63) is 31.3 Å². The molecule has 0 saturated heterocycles. The first-order valence-corrected chi connectivity index (χ1v) is 5.43. The summed E-state index contributed by atoms with van der Waals surface area (Å²) in [6, 6.07) is 3.66. The van der Waals surface area contributed by atoms with Gasteiger partial charge >= 0.3 is 0 Å². The van der Waals surface area contributed by atoms with Crippen molar-refractivity contribution in [3.8, 4) is 0 Å². The molecule has 0 atom stereocenters. The van der Waals surface area contributed by atoms with E-state index in [0.717, 1.165) is 13.6 Å². The van der Waals surface area contributed by atoms with E-state index in [4.69, 9.17) is 11.6 Å². The Morgan fingerprint density at radius 3 is 2.67 bits per heavy atom. The van der Waals surface area contributed by atoms with E-state index in [2.05, 4.69) is 38.5 Å². The zero-order chi connectivity index (χ0) is 9.30. The summed E-state index contributed by atoms with van der Waals surface area (Å²) in [5.41, 5.74) is 1.65. The summed E-state index contributed by atoms with van der Waals surface area (Å²) in [4.78, 5) is 10.9. The number of carbonyl (C=O) groups excluding carboxylic acids is 1. The van der Waals surface area contributed by atoms with Gasteiger partial charge in [-0.1, -0.05) is 0 Å². The van der Waals surface area contributed by atoms with Gasteiger partial charge in [-0.2, -0.15) is 0 Å². The maximum absolute atomic E-state index is 10.9. The smallest absolute Gasteiger partial charge is 0.253 e. The minimum atomic E-state index is -0.431. The van der Waals surface area contributed by atoms with E-state index in [0.29, 0.717) is 5.56 Å². The largest absolute Gasteiger partial charge is 0.276 e. The van der Waals surface area contributed by atoms with Gasteiger partial charge in [0.15, 0.2) is 0 Å². The molecule has 1 rings (SSSR count). The molecule has 12 heavy (non-hydrogen) atoms. The van der Waals surface area contributed by atoms with Crippen molar-refractivity contribution in [1.82, 2.24) is 0 Å². The van der Waals surface area contributed by atoms with Crippen LogP contribution in [0.2, 0.25) is 0 Å². The molecule has 0 N–H and O–H groups in total. The molecule has 1 aromatic rings. The summed E-state index contributed by atoms with van der Waals surface area (Å²) in [6.07, 6.45) is 0. The molecule has 0 aliphatic heterocycles. The third kappa shape index (κ3) is 2.20. The Hall–Kier alpha value is 0.390. The highest BCUT2D eigenvalue weighted by Gasteiger charge is 2.08. The standard InChI is InChI=1S/C8H5BrClIO/c1-4-2-6(9)5(8(10)12)3-7(4)11/h2-3H,1H3. The van der Waals surface area contributed by atoms with Gasteiger partial charge in [0.1, 0.15) is 0 Å². The maximum Gasteiger partial charge on any atom is 0.253 e. The molecular weight excluding hydrogens is 354 g/mol. The van der Waals surface area contributed by atoms with E-state index in [1.807, 2.05) is 13.0 Å². The lowest BCUT2D eigenvalue weighted by Gasteiger charge is -2.02. The van der Waals surface area contributed by atoms with E-state index < -0.39 is 5.24 Å². The lowest BCUT2D eigenvalue weighted by Crippen LogP contribution is -1.93. The average molecular weight is 359 g/mol. The van der Waals surface area contributed by atoms with Crippen LogP contribution in [0.25, 0.3) is 0 Å². The maximum atomic E-state index is 10.9. The van der Waals surface area contributed by atoms with E-state index in [1.165, 1.54) is 0 Å². The molecule has 4 heteroatoms. The minimum Gasteiger partial charge on any atom is -0.276 e. The topological polar surface area (TPSA) is 17.1 Å².